The summed E-state index contributed by atoms with van der Waals surface area (Å²) in [6.45, 7) is 0.767. The van der Waals surface area contributed by atoms with E-state index in [9.17, 15) is 9.90 Å². The second-order valence-electron chi connectivity index (χ2n) is 6.00. The molecule has 0 aromatic heterocycles. The molecule has 1 aliphatic rings. The lowest BCUT2D eigenvalue weighted by atomic mass is 10.1. The van der Waals surface area contributed by atoms with Gasteiger partial charge in [-0.3, -0.25) is 4.79 Å². The molecule has 0 amide bonds. The minimum Gasteiger partial charge on any atom is -0.480 e. The Hall–Kier alpha value is -2.13. The van der Waals surface area contributed by atoms with Crippen molar-refractivity contribution < 1.29 is 9.90 Å². The van der Waals surface area contributed by atoms with Crippen molar-refractivity contribution in [1.29, 1.82) is 0 Å². The zero-order valence-electron chi connectivity index (χ0n) is 12.5. The summed E-state index contributed by atoms with van der Waals surface area (Å²) in [7, 11) is 0. The van der Waals surface area contributed by atoms with Crippen molar-refractivity contribution in [2.75, 3.05) is 6.54 Å². The monoisotopic (exact) mass is 295 g/mol. The highest BCUT2D eigenvalue weighted by atomic mass is 16.4. The van der Waals surface area contributed by atoms with Crippen LogP contribution in [0.4, 0.5) is 0 Å². The highest BCUT2D eigenvalue weighted by molar-refractivity contribution is 5.73. The second-order valence-corrected chi connectivity index (χ2v) is 6.00. The number of hydrogen-bond donors (Lipinski definition) is 2. The van der Waals surface area contributed by atoms with E-state index in [2.05, 4.69) is 29.6 Å². The first-order valence-corrected chi connectivity index (χ1v) is 7.79. The SMILES string of the molecule is O=C(O)[C@H](Cc1ccccc1)NC[C@@H]1C[C@H]1c1ccccc1. The van der Waals surface area contributed by atoms with Gasteiger partial charge < -0.3 is 10.4 Å². The van der Waals surface area contributed by atoms with Gasteiger partial charge >= 0.3 is 5.97 Å². The first-order chi connectivity index (χ1) is 10.7. The third-order valence-electron chi connectivity index (χ3n) is 4.36. The van der Waals surface area contributed by atoms with Crippen LogP contribution < -0.4 is 5.32 Å². The molecule has 0 aliphatic heterocycles. The van der Waals surface area contributed by atoms with Gasteiger partial charge in [-0.1, -0.05) is 60.7 Å². The number of hydrogen-bond acceptors (Lipinski definition) is 2. The van der Waals surface area contributed by atoms with Gasteiger partial charge in [-0.2, -0.15) is 0 Å². The van der Waals surface area contributed by atoms with Gasteiger partial charge in [0.2, 0.25) is 0 Å². The van der Waals surface area contributed by atoms with E-state index < -0.39 is 12.0 Å². The van der Waals surface area contributed by atoms with Crippen LogP contribution in [0.25, 0.3) is 0 Å². The first kappa shape index (κ1) is 14.8. The van der Waals surface area contributed by atoms with E-state index in [1.165, 1.54) is 5.56 Å². The molecule has 0 heterocycles. The fourth-order valence-electron chi connectivity index (χ4n) is 2.97. The smallest absolute Gasteiger partial charge is 0.321 e. The molecule has 0 radical (unpaired) electrons. The van der Waals surface area contributed by atoms with Crippen LogP contribution in [0.15, 0.2) is 60.7 Å². The predicted octanol–water partition coefficient (Wildman–Crippen LogP) is 3.08. The van der Waals surface area contributed by atoms with Gasteiger partial charge in [0, 0.05) is 0 Å². The lowest BCUT2D eigenvalue weighted by Crippen LogP contribution is -2.39. The molecule has 0 unspecified atom stereocenters. The van der Waals surface area contributed by atoms with Gasteiger partial charge in [0.1, 0.15) is 6.04 Å². The van der Waals surface area contributed by atoms with Crippen molar-refractivity contribution in [1.82, 2.24) is 5.32 Å². The minimum atomic E-state index is -0.777. The van der Waals surface area contributed by atoms with Gasteiger partial charge in [0.25, 0.3) is 0 Å². The Kier molecular flexibility index (Phi) is 4.54. The number of rotatable bonds is 7. The second kappa shape index (κ2) is 6.75. The van der Waals surface area contributed by atoms with Gasteiger partial charge in [-0.25, -0.2) is 0 Å². The van der Waals surface area contributed by atoms with Crippen molar-refractivity contribution in [3.8, 4) is 0 Å². The Morgan fingerprint density at radius 1 is 1.09 bits per heavy atom. The summed E-state index contributed by atoms with van der Waals surface area (Å²) in [4.78, 5) is 11.4. The molecule has 2 aromatic rings. The third kappa shape index (κ3) is 3.74. The predicted molar refractivity (Wildman–Crippen MR) is 86.9 cm³/mol. The summed E-state index contributed by atoms with van der Waals surface area (Å²) in [6.07, 6.45) is 1.67. The average molecular weight is 295 g/mol. The summed E-state index contributed by atoms with van der Waals surface area (Å²) >= 11 is 0. The molecule has 22 heavy (non-hydrogen) atoms. The van der Waals surface area contributed by atoms with Crippen LogP contribution in [0.2, 0.25) is 0 Å². The molecule has 3 nitrogen and oxygen atoms in total. The van der Waals surface area contributed by atoms with Crippen molar-refractivity contribution in [2.24, 2.45) is 5.92 Å². The summed E-state index contributed by atoms with van der Waals surface area (Å²) in [5, 5.41) is 12.6. The molecule has 0 bridgehead atoms. The Morgan fingerprint density at radius 2 is 1.73 bits per heavy atom. The van der Waals surface area contributed by atoms with Crippen LogP contribution in [0, 0.1) is 5.92 Å². The highest BCUT2D eigenvalue weighted by Gasteiger charge is 2.38. The van der Waals surface area contributed by atoms with Crippen LogP contribution in [-0.2, 0) is 11.2 Å². The van der Waals surface area contributed by atoms with Crippen molar-refractivity contribution >= 4 is 5.97 Å². The van der Waals surface area contributed by atoms with Crippen LogP contribution in [-0.4, -0.2) is 23.7 Å². The zero-order valence-corrected chi connectivity index (χ0v) is 12.5. The number of carbonyl (C=O) groups is 1. The maximum Gasteiger partial charge on any atom is 0.321 e. The van der Waals surface area contributed by atoms with E-state index in [4.69, 9.17) is 0 Å². The fourth-order valence-corrected chi connectivity index (χ4v) is 2.97. The maximum atomic E-state index is 11.4. The molecular formula is C19H21NO2. The lowest BCUT2D eigenvalue weighted by Gasteiger charge is -2.14. The van der Waals surface area contributed by atoms with Crippen molar-refractivity contribution in [3.05, 3.63) is 71.8 Å². The molecule has 114 valence electrons. The number of nitrogens with one attached hydrogen (secondary N) is 1. The Balaban J connectivity index is 1.52. The number of carboxylic acid groups (broad SMARTS) is 1. The van der Waals surface area contributed by atoms with E-state index >= 15 is 0 Å². The maximum absolute atomic E-state index is 11.4. The Morgan fingerprint density at radius 3 is 2.36 bits per heavy atom. The summed E-state index contributed by atoms with van der Waals surface area (Å²) < 4.78 is 0. The topological polar surface area (TPSA) is 49.3 Å². The largest absolute Gasteiger partial charge is 0.480 e. The molecule has 1 aliphatic carbocycles. The standard InChI is InChI=1S/C19H21NO2/c21-19(22)18(11-14-7-3-1-4-8-14)20-13-16-12-17(16)15-9-5-2-6-10-15/h1-10,16-18,20H,11-13H2,(H,21,22)/t16-,17-,18-/m0/s1. The fraction of sp³-hybridized carbons (Fsp3) is 0.316. The van der Waals surface area contributed by atoms with Gasteiger partial charge in [0.15, 0.2) is 0 Å². The molecule has 3 rings (SSSR count). The molecule has 2 aromatic carbocycles. The van der Waals surface area contributed by atoms with Crippen LogP contribution >= 0.6 is 0 Å². The lowest BCUT2D eigenvalue weighted by molar-refractivity contribution is -0.139. The van der Waals surface area contributed by atoms with Crippen LogP contribution in [0.5, 0.6) is 0 Å². The summed E-state index contributed by atoms with van der Waals surface area (Å²) in [6, 6.07) is 19.7. The Bertz CT molecular complexity index is 612. The van der Waals surface area contributed by atoms with E-state index in [0.29, 0.717) is 18.3 Å². The van der Waals surface area contributed by atoms with Gasteiger partial charge in [-0.15, -0.1) is 0 Å². The molecule has 2 N–H and O–H groups in total. The molecule has 3 heteroatoms. The molecule has 0 saturated heterocycles. The molecule has 1 fully saturated rings. The number of benzene rings is 2. The number of aliphatic carboxylic acids is 1. The van der Waals surface area contributed by atoms with E-state index in [1.54, 1.807) is 0 Å². The van der Waals surface area contributed by atoms with Crippen LogP contribution in [0.3, 0.4) is 0 Å². The third-order valence-corrected chi connectivity index (χ3v) is 4.36. The molecule has 0 spiro atoms. The first-order valence-electron chi connectivity index (χ1n) is 7.79. The quantitative estimate of drug-likeness (QED) is 0.825. The zero-order chi connectivity index (χ0) is 15.4. The molecule has 3 atom stereocenters. The van der Waals surface area contributed by atoms with E-state index in [1.807, 2.05) is 36.4 Å². The van der Waals surface area contributed by atoms with Crippen LogP contribution in [0.1, 0.15) is 23.5 Å². The normalized spacial score (nSPS) is 21.3. The summed E-state index contributed by atoms with van der Waals surface area (Å²) in [5.74, 6) is 0.362. The number of carboxylic acids is 1. The Labute approximate surface area is 131 Å². The minimum absolute atomic E-state index is 0.514. The van der Waals surface area contributed by atoms with E-state index in [0.717, 1.165) is 18.5 Å². The van der Waals surface area contributed by atoms with Gasteiger partial charge in [-0.05, 0) is 42.3 Å². The van der Waals surface area contributed by atoms with Gasteiger partial charge in [0.05, 0.1) is 0 Å². The summed E-state index contributed by atoms with van der Waals surface area (Å²) in [5.41, 5.74) is 2.42. The highest BCUT2D eigenvalue weighted by Crippen LogP contribution is 2.46. The molecule has 1 saturated carbocycles. The van der Waals surface area contributed by atoms with E-state index in [-0.39, 0.29) is 0 Å². The average Bonchev–Trinajstić information content (AvgIpc) is 3.32. The van der Waals surface area contributed by atoms with Crippen molar-refractivity contribution in [3.63, 3.8) is 0 Å². The van der Waals surface area contributed by atoms with Crippen molar-refractivity contribution in [2.45, 2.75) is 24.8 Å². The molecular weight excluding hydrogens is 274 g/mol.